The van der Waals surface area contributed by atoms with Gasteiger partial charge >= 0.3 is 11.9 Å². The van der Waals surface area contributed by atoms with Gasteiger partial charge in [-0.3, -0.25) is 4.79 Å². The molecule has 0 unspecified atom stereocenters. The summed E-state index contributed by atoms with van der Waals surface area (Å²) >= 11 is 2.85. The number of aromatic carboxylic acids is 1. The SMILES string of the molecule is CCCCCCCn1c(O)c(N=NC(=O)c2csc(N)n2)c2cc(SCCCc3ccc(C(=O)O)cc3)ccc21. The van der Waals surface area contributed by atoms with E-state index in [0.29, 0.717) is 6.54 Å². The number of nitrogen functional groups attached to an aromatic ring is 1. The molecule has 0 spiro atoms. The van der Waals surface area contributed by atoms with E-state index in [-0.39, 0.29) is 28.0 Å². The smallest absolute Gasteiger partial charge is 0.335 e. The number of thioether (sulfide) groups is 1. The van der Waals surface area contributed by atoms with Crippen LogP contribution in [0.2, 0.25) is 0 Å². The molecule has 4 aromatic rings. The number of unbranched alkanes of at least 4 members (excludes halogenated alkanes) is 4. The van der Waals surface area contributed by atoms with Crippen molar-refractivity contribution in [2.75, 3.05) is 11.5 Å². The number of azo groups is 1. The number of fused-ring (bicyclic) bond motifs is 1. The third kappa shape index (κ3) is 7.48. The molecule has 0 radical (unpaired) electrons. The first-order valence-corrected chi connectivity index (χ1v) is 15.2. The van der Waals surface area contributed by atoms with Crippen molar-refractivity contribution in [3.8, 4) is 5.88 Å². The molecular formula is C29H33N5O4S2. The highest BCUT2D eigenvalue weighted by atomic mass is 32.2. The number of benzene rings is 2. The fourth-order valence-electron chi connectivity index (χ4n) is 4.40. The number of carboxylic acid groups (broad SMARTS) is 1. The summed E-state index contributed by atoms with van der Waals surface area (Å²) in [6, 6.07) is 13.0. The molecule has 4 N–H and O–H groups in total. The number of aromatic hydroxyl groups is 1. The first kappa shape index (κ1) is 29.3. The van der Waals surface area contributed by atoms with Crippen molar-refractivity contribution in [1.29, 1.82) is 0 Å². The molecule has 0 atom stereocenters. The number of anilines is 1. The highest BCUT2D eigenvalue weighted by Gasteiger charge is 2.18. The summed E-state index contributed by atoms with van der Waals surface area (Å²) in [5.74, 6) is -0.692. The zero-order valence-electron chi connectivity index (χ0n) is 22.4. The standard InChI is InChI=1S/C29H33N5O4S2/c1-2-3-4-5-6-15-34-24-14-13-21(39-16-7-8-19-9-11-20(12-10-19)28(37)38)17-22(24)25(27(34)36)32-33-26(35)23-18-40-29(30)31-23/h9-14,17-18,36H,2-8,15-16H2,1H3,(H2,30,31)(H,37,38). The topological polar surface area (TPSA) is 143 Å². The Bertz CT molecular complexity index is 1490. The van der Waals surface area contributed by atoms with Gasteiger partial charge in [0.15, 0.2) is 10.8 Å². The molecule has 0 saturated carbocycles. The van der Waals surface area contributed by atoms with Gasteiger partial charge in [0, 0.05) is 22.2 Å². The Morgan fingerprint density at radius 2 is 1.85 bits per heavy atom. The number of carbonyl (C=O) groups is 2. The second kappa shape index (κ2) is 14.1. The zero-order valence-corrected chi connectivity index (χ0v) is 24.0. The average Bonchev–Trinajstić information content (AvgIpc) is 3.50. The van der Waals surface area contributed by atoms with Crippen LogP contribution >= 0.6 is 23.1 Å². The molecule has 2 heterocycles. The summed E-state index contributed by atoms with van der Waals surface area (Å²) in [5, 5.41) is 30.7. The molecule has 1 amide bonds. The molecule has 0 aliphatic rings. The summed E-state index contributed by atoms with van der Waals surface area (Å²) < 4.78 is 1.84. The monoisotopic (exact) mass is 579 g/mol. The summed E-state index contributed by atoms with van der Waals surface area (Å²) in [6.45, 7) is 2.82. The van der Waals surface area contributed by atoms with Crippen LogP contribution in [0.4, 0.5) is 10.8 Å². The number of rotatable bonds is 14. The van der Waals surface area contributed by atoms with E-state index in [1.165, 1.54) is 18.2 Å². The van der Waals surface area contributed by atoms with E-state index >= 15 is 0 Å². The Labute approximate surface area is 241 Å². The summed E-state index contributed by atoms with van der Waals surface area (Å²) in [4.78, 5) is 28.5. The van der Waals surface area contributed by atoms with Gasteiger partial charge in [-0.15, -0.1) is 33.3 Å². The van der Waals surface area contributed by atoms with Crippen molar-refractivity contribution < 1.29 is 19.8 Å². The van der Waals surface area contributed by atoms with E-state index in [2.05, 4.69) is 22.1 Å². The molecule has 0 fully saturated rings. The first-order valence-electron chi connectivity index (χ1n) is 13.3. The van der Waals surface area contributed by atoms with E-state index in [0.717, 1.165) is 70.6 Å². The molecule has 2 aromatic carbocycles. The van der Waals surface area contributed by atoms with Crippen LogP contribution in [0.5, 0.6) is 5.88 Å². The Morgan fingerprint density at radius 1 is 1.07 bits per heavy atom. The minimum Gasteiger partial charge on any atom is -0.493 e. The fraction of sp³-hybridized carbons (Fsp3) is 0.345. The minimum atomic E-state index is -0.926. The molecule has 2 aromatic heterocycles. The highest BCUT2D eigenvalue weighted by molar-refractivity contribution is 7.99. The lowest BCUT2D eigenvalue weighted by Crippen LogP contribution is -1.97. The van der Waals surface area contributed by atoms with Crippen LogP contribution < -0.4 is 5.73 Å². The first-order chi connectivity index (χ1) is 19.4. The molecule has 0 saturated heterocycles. The zero-order chi connectivity index (χ0) is 28.5. The number of carbonyl (C=O) groups excluding carboxylic acids is 1. The predicted molar refractivity (Wildman–Crippen MR) is 160 cm³/mol. The number of hydrogen-bond donors (Lipinski definition) is 3. The second-order valence-corrected chi connectivity index (χ2v) is 11.5. The van der Waals surface area contributed by atoms with Crippen molar-refractivity contribution in [2.45, 2.75) is 63.3 Å². The summed E-state index contributed by atoms with van der Waals surface area (Å²) in [6.07, 6.45) is 7.26. The van der Waals surface area contributed by atoms with Crippen LogP contribution in [0, 0.1) is 0 Å². The van der Waals surface area contributed by atoms with Crippen LogP contribution in [0.1, 0.15) is 71.9 Å². The van der Waals surface area contributed by atoms with E-state index in [9.17, 15) is 14.7 Å². The van der Waals surface area contributed by atoms with Crippen molar-refractivity contribution in [3.63, 3.8) is 0 Å². The van der Waals surface area contributed by atoms with E-state index in [4.69, 9.17) is 10.8 Å². The van der Waals surface area contributed by atoms with Crippen molar-refractivity contribution in [1.82, 2.24) is 9.55 Å². The minimum absolute atomic E-state index is 0.00760. The average molecular weight is 580 g/mol. The quantitative estimate of drug-likeness (QED) is 0.0788. The van der Waals surface area contributed by atoms with Crippen LogP contribution in [-0.4, -0.2) is 37.4 Å². The van der Waals surface area contributed by atoms with Crippen LogP contribution in [0.3, 0.4) is 0 Å². The predicted octanol–water partition coefficient (Wildman–Crippen LogP) is 7.70. The third-order valence-electron chi connectivity index (χ3n) is 6.53. The summed E-state index contributed by atoms with van der Waals surface area (Å²) in [7, 11) is 0. The molecule has 0 aliphatic carbocycles. The molecule has 210 valence electrons. The Hall–Kier alpha value is -3.70. The molecule has 40 heavy (non-hydrogen) atoms. The Morgan fingerprint density at radius 3 is 2.55 bits per heavy atom. The lowest BCUT2D eigenvalue weighted by molar-refractivity contribution is 0.0696. The Balaban J connectivity index is 1.49. The van der Waals surface area contributed by atoms with E-state index in [1.54, 1.807) is 23.9 Å². The van der Waals surface area contributed by atoms with Gasteiger partial charge in [0.2, 0.25) is 5.88 Å². The van der Waals surface area contributed by atoms with Gasteiger partial charge in [0.25, 0.3) is 0 Å². The van der Waals surface area contributed by atoms with E-state index in [1.807, 2.05) is 34.9 Å². The second-order valence-electron chi connectivity index (χ2n) is 9.45. The molecule has 9 nitrogen and oxygen atoms in total. The number of nitrogens with two attached hydrogens (primary N) is 1. The number of hydrogen-bond acceptors (Lipinski definition) is 8. The van der Waals surface area contributed by atoms with Gasteiger partial charge in [-0.25, -0.2) is 9.78 Å². The number of nitrogens with zero attached hydrogens (tertiary/aromatic N) is 4. The van der Waals surface area contributed by atoms with Crippen molar-refractivity contribution in [3.05, 3.63) is 64.7 Å². The largest absolute Gasteiger partial charge is 0.493 e. The molecular weight excluding hydrogens is 546 g/mol. The molecule has 0 bridgehead atoms. The fourth-order valence-corrected chi connectivity index (χ4v) is 5.83. The molecule has 11 heteroatoms. The number of aromatic nitrogens is 2. The van der Waals surface area contributed by atoms with Crippen LogP contribution in [-0.2, 0) is 13.0 Å². The number of thiazole rings is 1. The van der Waals surface area contributed by atoms with Gasteiger partial charge in [-0.05, 0) is 60.9 Å². The van der Waals surface area contributed by atoms with Gasteiger partial charge in [0.05, 0.1) is 11.1 Å². The molecule has 4 rings (SSSR count). The normalized spacial score (nSPS) is 11.5. The highest BCUT2D eigenvalue weighted by Crippen LogP contribution is 2.41. The molecule has 0 aliphatic heterocycles. The summed E-state index contributed by atoms with van der Waals surface area (Å²) in [5.41, 5.74) is 8.25. The van der Waals surface area contributed by atoms with Crippen molar-refractivity contribution in [2.24, 2.45) is 10.2 Å². The van der Waals surface area contributed by atoms with Crippen molar-refractivity contribution >= 4 is 56.7 Å². The number of carboxylic acids is 1. The van der Waals surface area contributed by atoms with Gasteiger partial charge in [-0.1, -0.05) is 44.7 Å². The maximum Gasteiger partial charge on any atom is 0.335 e. The Kier molecular flexibility index (Phi) is 10.3. The van der Waals surface area contributed by atoms with Crippen LogP contribution in [0.15, 0.2) is 63.0 Å². The third-order valence-corrected chi connectivity index (χ3v) is 8.28. The maximum atomic E-state index is 12.5. The lowest BCUT2D eigenvalue weighted by Gasteiger charge is -2.07. The number of amides is 1. The maximum absolute atomic E-state index is 12.5. The van der Waals surface area contributed by atoms with Gasteiger partial charge in [0.1, 0.15) is 5.69 Å². The van der Waals surface area contributed by atoms with Crippen LogP contribution in [0.25, 0.3) is 10.9 Å². The number of aryl methyl sites for hydroxylation is 2. The van der Waals surface area contributed by atoms with E-state index < -0.39 is 11.9 Å². The van der Waals surface area contributed by atoms with Gasteiger partial charge < -0.3 is 20.5 Å². The van der Waals surface area contributed by atoms with Gasteiger partial charge in [-0.2, -0.15) is 0 Å². The lowest BCUT2D eigenvalue weighted by atomic mass is 10.1.